The minimum Gasteiger partial charge on any atom is -0.502 e. The summed E-state index contributed by atoms with van der Waals surface area (Å²) in [6, 6.07) is 18.1. The van der Waals surface area contributed by atoms with Crippen molar-refractivity contribution in [3.63, 3.8) is 0 Å². The van der Waals surface area contributed by atoms with Crippen LogP contribution in [0.15, 0.2) is 69.9 Å². The zero-order chi connectivity index (χ0) is 21.3. The summed E-state index contributed by atoms with van der Waals surface area (Å²) in [5.74, 6) is 11.6. The lowest BCUT2D eigenvalue weighted by Gasteiger charge is -2.08. The van der Waals surface area contributed by atoms with Gasteiger partial charge in [-0.15, -0.1) is 0 Å². The minimum atomic E-state index is -1.15. The molecular weight excluding hydrogens is 398 g/mol. The second kappa shape index (κ2) is 10.2. The van der Waals surface area contributed by atoms with Gasteiger partial charge in [0.05, 0.1) is 12.3 Å². The van der Waals surface area contributed by atoms with Crippen molar-refractivity contribution in [1.82, 2.24) is 0 Å². The monoisotopic (exact) mass is 417 g/mol. The Kier molecular flexibility index (Phi) is 7.10. The third-order valence-electron chi connectivity index (χ3n) is 3.98. The van der Waals surface area contributed by atoms with Gasteiger partial charge in [0.25, 0.3) is 0 Å². The highest BCUT2D eigenvalue weighted by Gasteiger charge is 2.12. The zero-order valence-electron chi connectivity index (χ0n) is 16.3. The molecule has 0 radical (unpaired) electrons. The van der Waals surface area contributed by atoms with Crippen LogP contribution in [0.5, 0.6) is 5.75 Å². The maximum Gasteiger partial charge on any atom is 0.227 e. The molecule has 3 rings (SSSR count). The molecule has 2 N–H and O–H groups in total. The highest BCUT2D eigenvalue weighted by atomic mass is 32.2. The number of hydrogen-bond acceptors (Lipinski definition) is 5. The molecule has 6 heteroatoms. The summed E-state index contributed by atoms with van der Waals surface area (Å²) in [7, 11) is -1.15. The van der Waals surface area contributed by atoms with E-state index in [-0.39, 0.29) is 23.8 Å². The number of hydrogen-bond donors (Lipinski definition) is 2. The number of aromatic hydroxyl groups is 1. The van der Waals surface area contributed by atoms with Crippen LogP contribution < -0.4 is 10.7 Å². The lowest BCUT2D eigenvalue weighted by atomic mass is 10.2. The first-order valence-electron chi connectivity index (χ1n) is 9.07. The quantitative estimate of drug-likeness (QED) is 0.623. The van der Waals surface area contributed by atoms with Crippen molar-refractivity contribution in [2.24, 2.45) is 0 Å². The summed E-state index contributed by atoms with van der Waals surface area (Å²) in [5.41, 5.74) is 1.93. The van der Waals surface area contributed by atoms with E-state index in [1.165, 1.54) is 6.26 Å². The van der Waals surface area contributed by atoms with Crippen LogP contribution in [0.3, 0.4) is 0 Å². The molecule has 1 unspecified atom stereocenters. The molecule has 1 aromatic heterocycles. The van der Waals surface area contributed by atoms with Crippen LogP contribution in [-0.4, -0.2) is 15.6 Å². The second-order valence-corrected chi connectivity index (χ2v) is 7.80. The van der Waals surface area contributed by atoms with E-state index in [1.807, 2.05) is 54.6 Å². The molecular formula is C24H19NO4S. The minimum absolute atomic E-state index is 0.100. The third-order valence-corrected chi connectivity index (χ3v) is 4.67. The van der Waals surface area contributed by atoms with Crippen molar-refractivity contribution < 1.29 is 13.7 Å². The molecule has 0 bridgehead atoms. The fraction of sp³-hybridized carbons (Fsp3) is 0.125. The maximum absolute atomic E-state index is 11.9. The Hall–Kier alpha value is -3.74. The smallest absolute Gasteiger partial charge is 0.227 e. The molecule has 5 nitrogen and oxygen atoms in total. The van der Waals surface area contributed by atoms with E-state index in [2.05, 4.69) is 29.0 Å². The molecule has 0 aliphatic rings. The van der Waals surface area contributed by atoms with E-state index in [4.69, 9.17) is 4.42 Å². The van der Waals surface area contributed by atoms with Gasteiger partial charge in [-0.2, -0.15) is 0 Å². The van der Waals surface area contributed by atoms with Crippen molar-refractivity contribution in [1.29, 1.82) is 0 Å². The molecule has 150 valence electrons. The normalized spacial score (nSPS) is 10.8. The van der Waals surface area contributed by atoms with Crippen LogP contribution in [0.25, 0.3) is 0 Å². The van der Waals surface area contributed by atoms with Gasteiger partial charge in [0, 0.05) is 39.9 Å². The van der Waals surface area contributed by atoms with Crippen molar-refractivity contribution in [3.05, 3.63) is 93.5 Å². The predicted molar refractivity (Wildman–Crippen MR) is 118 cm³/mol. The molecule has 0 saturated heterocycles. The largest absolute Gasteiger partial charge is 0.502 e. The molecule has 2 aromatic carbocycles. The van der Waals surface area contributed by atoms with E-state index in [9.17, 15) is 14.1 Å². The summed E-state index contributed by atoms with van der Waals surface area (Å²) in [6.07, 6.45) is 1.52. The van der Waals surface area contributed by atoms with E-state index in [0.717, 1.165) is 22.9 Å². The summed E-state index contributed by atoms with van der Waals surface area (Å²) in [5, 5.41) is 13.0. The molecule has 0 saturated carbocycles. The average Bonchev–Trinajstić information content (AvgIpc) is 2.74. The van der Waals surface area contributed by atoms with Crippen LogP contribution in [0, 0.1) is 23.7 Å². The first-order chi connectivity index (χ1) is 14.5. The zero-order valence-corrected chi connectivity index (χ0v) is 17.1. The molecule has 1 heterocycles. The van der Waals surface area contributed by atoms with Crippen LogP contribution in [0.2, 0.25) is 0 Å². The van der Waals surface area contributed by atoms with Gasteiger partial charge >= 0.3 is 0 Å². The first kappa shape index (κ1) is 21.0. The number of rotatable bonds is 5. The average molecular weight is 417 g/mol. The van der Waals surface area contributed by atoms with Crippen LogP contribution in [0.4, 0.5) is 5.69 Å². The number of benzene rings is 2. The van der Waals surface area contributed by atoms with Crippen LogP contribution >= 0.6 is 0 Å². The third kappa shape index (κ3) is 6.13. The first-order valence-corrected chi connectivity index (χ1v) is 10.8. The fourth-order valence-electron chi connectivity index (χ4n) is 2.56. The molecule has 30 heavy (non-hydrogen) atoms. The fourth-order valence-corrected chi connectivity index (χ4v) is 3.10. The van der Waals surface area contributed by atoms with Crippen molar-refractivity contribution in [2.45, 2.75) is 12.3 Å². The van der Waals surface area contributed by atoms with Crippen molar-refractivity contribution in [2.75, 3.05) is 11.6 Å². The van der Waals surface area contributed by atoms with Crippen LogP contribution in [-0.2, 0) is 23.1 Å². The van der Waals surface area contributed by atoms with Gasteiger partial charge in [0.15, 0.2) is 5.76 Å². The number of anilines is 1. The molecule has 0 aliphatic carbocycles. The SMILES string of the molecule is CS(=O)Cc1cc(=O)c(O)c(CNc2ccc(C#CC#Cc3ccccc3)cc2)o1. The molecule has 0 amide bonds. The summed E-state index contributed by atoms with van der Waals surface area (Å²) < 4.78 is 16.9. The highest BCUT2D eigenvalue weighted by molar-refractivity contribution is 7.83. The van der Waals surface area contributed by atoms with Crippen LogP contribution in [0.1, 0.15) is 22.6 Å². The second-order valence-electron chi connectivity index (χ2n) is 6.36. The maximum atomic E-state index is 11.9. The highest BCUT2D eigenvalue weighted by Crippen LogP contribution is 2.17. The Morgan fingerprint density at radius 2 is 1.63 bits per heavy atom. The van der Waals surface area contributed by atoms with Gasteiger partial charge in [0.1, 0.15) is 5.76 Å². The molecule has 0 fully saturated rings. The Morgan fingerprint density at radius 3 is 2.27 bits per heavy atom. The summed E-state index contributed by atoms with van der Waals surface area (Å²) in [4.78, 5) is 11.9. The van der Waals surface area contributed by atoms with Crippen molar-refractivity contribution >= 4 is 16.5 Å². The van der Waals surface area contributed by atoms with E-state index < -0.39 is 22.0 Å². The van der Waals surface area contributed by atoms with Gasteiger partial charge in [-0.3, -0.25) is 9.00 Å². The molecule has 3 aromatic rings. The van der Waals surface area contributed by atoms with E-state index >= 15 is 0 Å². The Labute approximate surface area is 177 Å². The van der Waals surface area contributed by atoms with Gasteiger partial charge < -0.3 is 14.8 Å². The lowest BCUT2D eigenvalue weighted by molar-refractivity contribution is 0.390. The molecule has 0 aliphatic heterocycles. The topological polar surface area (TPSA) is 79.5 Å². The summed E-state index contributed by atoms with van der Waals surface area (Å²) in [6.45, 7) is 0.110. The molecule has 0 spiro atoms. The molecule has 1 atom stereocenters. The van der Waals surface area contributed by atoms with E-state index in [1.54, 1.807) is 0 Å². The van der Waals surface area contributed by atoms with E-state index in [0.29, 0.717) is 0 Å². The van der Waals surface area contributed by atoms with Crippen molar-refractivity contribution in [3.8, 4) is 29.4 Å². The summed E-state index contributed by atoms with van der Waals surface area (Å²) >= 11 is 0. The predicted octanol–water partition coefficient (Wildman–Crippen LogP) is 3.24. The lowest BCUT2D eigenvalue weighted by Crippen LogP contribution is -2.09. The van der Waals surface area contributed by atoms with Gasteiger partial charge in [-0.25, -0.2) is 0 Å². The Morgan fingerprint density at radius 1 is 1.00 bits per heavy atom. The van der Waals surface area contributed by atoms with Gasteiger partial charge in [-0.1, -0.05) is 30.0 Å². The Bertz CT molecular complexity index is 1220. The number of nitrogens with one attached hydrogen (secondary N) is 1. The standard InChI is InChI=1S/C24H19NO4S/c1-30(28)17-21-15-22(26)24(27)23(29-21)16-25-20-13-11-19(12-14-20)10-6-5-9-18-7-3-2-4-8-18/h2-4,7-8,11-15,25,27H,16-17H2,1H3. The van der Waals surface area contributed by atoms with Gasteiger partial charge in [-0.05, 0) is 48.2 Å². The Balaban J connectivity index is 1.64. The van der Waals surface area contributed by atoms with Gasteiger partial charge in [0.2, 0.25) is 11.2 Å².